The molecular formula is C78H111N21O16. The summed E-state index contributed by atoms with van der Waals surface area (Å²) in [6.07, 6.45) is 7.38. The predicted molar refractivity (Wildman–Crippen MR) is 430 cm³/mol. The number of benzene rings is 3. The van der Waals surface area contributed by atoms with E-state index >= 15 is 0 Å². The summed E-state index contributed by atoms with van der Waals surface area (Å²) in [6.45, 7) is 8.25. The molecule has 2 saturated heterocycles. The van der Waals surface area contributed by atoms with Crippen LogP contribution in [-0.2, 0) is 65.6 Å². The third-order valence-electron chi connectivity index (χ3n) is 20.4. The van der Waals surface area contributed by atoms with E-state index in [4.69, 9.17) is 32.0 Å². The van der Waals surface area contributed by atoms with Gasteiger partial charge >= 0.3 is 11.3 Å². The average Bonchev–Trinajstić information content (AvgIpc) is 1.80. The van der Waals surface area contributed by atoms with Crippen LogP contribution in [0.25, 0.3) is 32.9 Å². The zero-order valence-electron chi connectivity index (χ0n) is 66.2. The molecule has 0 spiro atoms. The molecule has 11 amide bonds. The van der Waals surface area contributed by atoms with E-state index in [1.165, 1.54) is 34.9 Å². The van der Waals surface area contributed by atoms with Crippen LogP contribution in [-0.4, -0.2) is 209 Å². The first-order valence-corrected chi connectivity index (χ1v) is 39.5. The summed E-state index contributed by atoms with van der Waals surface area (Å²) in [4.78, 5) is 191. The van der Waals surface area contributed by atoms with Crippen molar-refractivity contribution in [2.24, 2.45) is 33.8 Å². The van der Waals surface area contributed by atoms with Gasteiger partial charge in [-0.2, -0.15) is 0 Å². The number of hydrogen-bond donors (Lipinski definition) is 14. The number of likely N-dealkylation sites (tertiary alicyclic amines) is 2. The van der Waals surface area contributed by atoms with Gasteiger partial charge in [-0.1, -0.05) is 51.8 Å². The number of aliphatic imine (C=N–C) groups is 1. The molecule has 18 N–H and O–H groups in total. The van der Waals surface area contributed by atoms with Crippen molar-refractivity contribution in [3.05, 3.63) is 98.5 Å². The van der Waals surface area contributed by atoms with Gasteiger partial charge in [-0.3, -0.25) is 67.8 Å². The molecule has 3 aromatic heterocycles. The highest BCUT2D eigenvalue weighted by molar-refractivity contribution is 6.00. The summed E-state index contributed by atoms with van der Waals surface area (Å²) in [5, 5.41) is 45.8. The molecule has 0 aliphatic carbocycles. The minimum Gasteiger partial charge on any atom is -0.423 e. The second kappa shape index (κ2) is 43.5. The summed E-state index contributed by atoms with van der Waals surface area (Å²) in [6, 6.07) is 6.19. The number of nitrogens with zero attached hydrogens (tertiary/aromatic N) is 7. The summed E-state index contributed by atoms with van der Waals surface area (Å²) in [5.74, 6) is -7.25. The summed E-state index contributed by atoms with van der Waals surface area (Å²) in [5.41, 5.74) is 25.8. The number of nitro benzene ring substituents is 1. The van der Waals surface area contributed by atoms with Crippen LogP contribution in [0.15, 0.2) is 85.7 Å². The maximum absolute atomic E-state index is 14.9. The number of H-pyrrole nitrogens is 1. The van der Waals surface area contributed by atoms with Gasteiger partial charge in [0.25, 0.3) is 0 Å². The van der Waals surface area contributed by atoms with Crippen molar-refractivity contribution < 1.29 is 66.7 Å². The molecule has 0 bridgehead atoms. The fourth-order valence-electron chi connectivity index (χ4n) is 14.4. The van der Waals surface area contributed by atoms with Crippen LogP contribution in [0.4, 0.5) is 17.1 Å². The van der Waals surface area contributed by atoms with Gasteiger partial charge in [0.1, 0.15) is 60.0 Å². The number of nitrogens with two attached hydrogens (primary N) is 4. The van der Waals surface area contributed by atoms with Gasteiger partial charge in [-0.25, -0.2) is 9.42 Å². The third kappa shape index (κ3) is 25.6. The van der Waals surface area contributed by atoms with Gasteiger partial charge in [0.15, 0.2) is 11.5 Å². The quantitative estimate of drug-likeness (QED) is 0.00651. The average molecular weight is 1600 g/mol. The van der Waals surface area contributed by atoms with Crippen LogP contribution in [0.5, 0.6) is 0 Å². The number of carbonyl (C=O) groups is 11. The predicted octanol–water partition coefficient (Wildman–Crippen LogP) is 2.44. The monoisotopic (exact) mass is 1600 g/mol. The Morgan fingerprint density at radius 1 is 0.652 bits per heavy atom. The minimum atomic E-state index is -1.32. The fourth-order valence-corrected chi connectivity index (χ4v) is 14.4. The number of fused-ring (bicyclic) bond motifs is 3. The minimum absolute atomic E-state index is 0.00883. The number of aromatic amines is 1. The molecule has 115 heavy (non-hydrogen) atoms. The number of carbonyl (C=O) groups excluding carboxylic acids is 11. The second-order valence-electron chi connectivity index (χ2n) is 29.9. The number of nitrogens with one attached hydrogen (secondary N) is 10. The number of aromatic nitrogens is 3. The molecular weight excluding hydrogens is 1490 g/mol. The molecule has 2 aliphatic rings. The normalized spacial score (nSPS) is 15.8. The number of nitro groups is 1. The Kier molecular flexibility index (Phi) is 33.5. The molecule has 6 aromatic rings. The summed E-state index contributed by atoms with van der Waals surface area (Å²) >= 11 is 0. The number of amides is 11. The Morgan fingerprint density at radius 2 is 1.28 bits per heavy atom. The van der Waals surface area contributed by atoms with Gasteiger partial charge in [0.05, 0.1) is 17.0 Å². The summed E-state index contributed by atoms with van der Waals surface area (Å²) in [7, 11) is 3.70. The highest BCUT2D eigenvalue weighted by Gasteiger charge is 2.43. The maximum atomic E-state index is 14.9. The lowest BCUT2D eigenvalue weighted by molar-refractivity contribution is -0.383. The number of primary amides is 1. The summed E-state index contributed by atoms with van der Waals surface area (Å²) < 4.78 is 10.2. The number of para-hydroxylation sites is 1. The second-order valence-corrected chi connectivity index (χ2v) is 29.9. The van der Waals surface area contributed by atoms with Crippen molar-refractivity contribution in [1.29, 1.82) is 0 Å². The molecule has 37 heteroatoms. The molecule has 0 saturated carbocycles. The van der Waals surface area contributed by atoms with Crippen LogP contribution in [0.1, 0.15) is 161 Å². The molecule has 0 unspecified atom stereocenters. The molecule has 5 heterocycles. The van der Waals surface area contributed by atoms with Crippen molar-refractivity contribution in [3.63, 3.8) is 0 Å². The molecule has 8 rings (SSSR count). The van der Waals surface area contributed by atoms with Crippen LogP contribution < -0.4 is 81.3 Å². The zero-order valence-corrected chi connectivity index (χ0v) is 66.2. The number of guanidine groups is 1. The first-order chi connectivity index (χ1) is 55.0. The van der Waals surface area contributed by atoms with E-state index in [2.05, 4.69) is 68.1 Å². The molecule has 2 aliphatic heterocycles. The Hall–Kier alpha value is -11.8. The van der Waals surface area contributed by atoms with E-state index in [-0.39, 0.29) is 131 Å². The lowest BCUT2D eigenvalue weighted by atomic mass is 10.0. The first-order valence-electron chi connectivity index (χ1n) is 39.5. The SMILES string of the molecule is CCC[C@H](NC(=O)[C@H](C)NC(=O)[C@H](CC(C)C)NC(=O)[C@@H]1CCCN1C(=O)[C@H](CCCCN)NC(=O)[C@@H]1CCCN1C(=O)[C@H](CCCN=C(N)N)NC(=O)CCCCCNc1ccc([N+](=O)[O-])c2nonc12)C(=O)N[C@@H](Cc1c[nH]c2ccccc12)C(=O)N[C@@H](CCCCNC(=O)Cc1cc(=O)oc2cc(N(C)C)ccc12)C(N)=O. The van der Waals surface area contributed by atoms with Gasteiger partial charge < -0.3 is 94.9 Å². The topological polar surface area (TPSA) is 550 Å². The van der Waals surface area contributed by atoms with Gasteiger partial charge in [-0.15, -0.1) is 0 Å². The molecule has 0 radical (unpaired) electrons. The van der Waals surface area contributed by atoms with Crippen LogP contribution in [0, 0.1) is 16.0 Å². The first kappa shape index (κ1) is 88.8. The van der Waals surface area contributed by atoms with Gasteiger partial charge in [-0.05, 0) is 168 Å². The Labute approximate surface area is 665 Å². The number of rotatable bonds is 46. The standard InChI is InChI=1S/C78H111N21O16/c1-7-20-55(71(105)92-59(40-48-44-86-52-22-11-10-21-50(48)52)73(107)89-54(69(80)103)23-13-16-35-84-65(101)41-47-42-66(102)114-63-43-49(96(5)6)29-30-51(47)63)90-70(104)46(4)87-72(106)58(39-45(2)3)93-75(109)62-27-19-38-98(62)77(111)57(24-12-14-33-79)91-74(108)61-26-18-37-97(61)76(110)56(25-17-36-85-78(81)82)88-64(100)28-9-8-15-34-83-53-31-32-60(99(112)113)68-67(53)94-115-95-68/h10-11,21-22,29-32,42-46,54-59,61-62,83,86H,7-9,12-20,23-28,33-41,79H2,1-6H3,(H2,80,103)(H,84,101)(H,87,106)(H,88,100)(H,89,107)(H,90,104)(H,91,108)(H,92,105)(H,93,109)(H4,81,82,85)/t46-,54-,55-,56-,57-,58-,59-,61-,62-/m0/s1. The Bertz CT molecular complexity index is 4500. The molecule has 3 aromatic carbocycles. The van der Waals surface area contributed by atoms with Crippen molar-refractivity contribution in [2.45, 2.75) is 217 Å². The van der Waals surface area contributed by atoms with E-state index in [1.807, 2.05) is 63.2 Å². The van der Waals surface area contributed by atoms with Gasteiger partial charge in [0, 0.05) is 106 Å². The number of unbranched alkanes of at least 4 members (excludes halogenated alkanes) is 4. The highest BCUT2D eigenvalue weighted by atomic mass is 16.6. The van der Waals surface area contributed by atoms with Crippen LogP contribution >= 0.6 is 0 Å². The lowest BCUT2D eigenvalue weighted by Crippen LogP contribution is -2.60. The number of hydrogen-bond acceptors (Lipinski definition) is 22. The maximum Gasteiger partial charge on any atom is 0.336 e. The van der Waals surface area contributed by atoms with E-state index in [9.17, 15) is 67.6 Å². The highest BCUT2D eigenvalue weighted by Crippen LogP contribution is 2.30. The van der Waals surface area contributed by atoms with Crippen molar-refractivity contribution in [2.75, 3.05) is 63.6 Å². The number of anilines is 2. The van der Waals surface area contributed by atoms with Gasteiger partial charge in [0.2, 0.25) is 70.5 Å². The molecule has 9 atom stereocenters. The zero-order chi connectivity index (χ0) is 83.4. The van der Waals surface area contributed by atoms with E-state index < -0.39 is 124 Å². The smallest absolute Gasteiger partial charge is 0.336 e. The van der Waals surface area contributed by atoms with Crippen molar-refractivity contribution >= 4 is 121 Å². The number of non-ortho nitro benzene ring substituents is 1. The Morgan fingerprint density at radius 3 is 1.95 bits per heavy atom. The van der Waals surface area contributed by atoms with E-state index in [0.717, 1.165) is 16.6 Å². The fraction of sp³-hybridized carbons (Fsp3) is 0.551. The van der Waals surface area contributed by atoms with E-state index in [1.54, 1.807) is 25.3 Å². The third-order valence-corrected chi connectivity index (χ3v) is 20.4. The van der Waals surface area contributed by atoms with Crippen LogP contribution in [0.2, 0.25) is 0 Å². The molecule has 37 nitrogen and oxygen atoms in total. The molecule has 624 valence electrons. The van der Waals surface area contributed by atoms with Crippen molar-refractivity contribution in [3.8, 4) is 0 Å². The Balaban J connectivity index is 0.853. The molecule has 2 fully saturated rings. The largest absolute Gasteiger partial charge is 0.423 e. The van der Waals surface area contributed by atoms with Crippen molar-refractivity contribution in [1.82, 2.24) is 67.6 Å². The van der Waals surface area contributed by atoms with E-state index in [0.29, 0.717) is 105 Å². The lowest BCUT2D eigenvalue weighted by Gasteiger charge is -2.32. The van der Waals surface area contributed by atoms with Crippen LogP contribution in [0.3, 0.4) is 0 Å².